The van der Waals surface area contributed by atoms with E-state index < -0.39 is 23.5 Å². The van der Waals surface area contributed by atoms with Gasteiger partial charge in [-0.2, -0.15) is 0 Å². The summed E-state index contributed by atoms with van der Waals surface area (Å²) in [5.74, 6) is -0.903. The Kier molecular flexibility index (Phi) is 4.60. The highest BCUT2D eigenvalue weighted by molar-refractivity contribution is 5.81. The molecule has 0 heterocycles. The smallest absolute Gasteiger partial charge is 0.347 e. The van der Waals surface area contributed by atoms with Crippen molar-refractivity contribution in [1.29, 1.82) is 0 Å². The molecule has 1 unspecified atom stereocenters. The minimum Gasteiger partial charge on any atom is -0.466 e. The average Bonchev–Trinajstić information content (AvgIpc) is 2.10. The quantitative estimate of drug-likeness (QED) is 0.651. The second-order valence-electron chi connectivity index (χ2n) is 4.08. The summed E-state index contributed by atoms with van der Waals surface area (Å²) in [5.41, 5.74) is -0.596. The third kappa shape index (κ3) is 3.77. The van der Waals surface area contributed by atoms with Crippen LogP contribution in [0.3, 0.4) is 0 Å². The molecule has 0 aliphatic heterocycles. The summed E-state index contributed by atoms with van der Waals surface area (Å²) >= 11 is 0. The molecule has 4 heteroatoms. The number of hydrogen-bond acceptors (Lipinski definition) is 4. The van der Waals surface area contributed by atoms with Gasteiger partial charge in [-0.1, -0.05) is 6.92 Å². The number of esters is 2. The molecule has 0 fully saturated rings. The maximum atomic E-state index is 11.4. The predicted molar refractivity (Wildman–Crippen MR) is 51.6 cm³/mol. The van der Waals surface area contributed by atoms with E-state index in [2.05, 4.69) is 4.74 Å². The molecule has 0 N–H and O–H groups in total. The number of hydrogen-bond donors (Lipinski definition) is 0. The van der Waals surface area contributed by atoms with Gasteiger partial charge in [0.05, 0.1) is 12.5 Å². The number of methoxy groups -OCH3 is 1. The normalized spacial score (nSPS) is 13.2. The molecule has 14 heavy (non-hydrogen) atoms. The topological polar surface area (TPSA) is 52.6 Å². The minimum atomic E-state index is -0.785. The molecular weight excluding hydrogens is 184 g/mol. The lowest BCUT2D eigenvalue weighted by molar-refractivity contribution is -0.171. The molecule has 0 rings (SSSR count). The summed E-state index contributed by atoms with van der Waals surface area (Å²) in [5, 5.41) is 0. The van der Waals surface area contributed by atoms with Gasteiger partial charge in [-0.05, 0) is 27.2 Å². The van der Waals surface area contributed by atoms with Crippen LogP contribution in [0.2, 0.25) is 0 Å². The van der Waals surface area contributed by atoms with E-state index >= 15 is 0 Å². The van der Waals surface area contributed by atoms with Crippen molar-refractivity contribution >= 4 is 11.9 Å². The van der Waals surface area contributed by atoms with Gasteiger partial charge in [0.25, 0.3) is 0 Å². The third-order valence-corrected chi connectivity index (χ3v) is 1.70. The van der Waals surface area contributed by atoms with Crippen LogP contribution in [-0.2, 0) is 19.1 Å². The van der Waals surface area contributed by atoms with Crippen molar-refractivity contribution in [2.24, 2.45) is 5.41 Å². The van der Waals surface area contributed by atoms with Crippen LogP contribution in [0, 0.1) is 5.41 Å². The first-order valence-corrected chi connectivity index (χ1v) is 4.61. The molecular formula is C10H18O4. The highest BCUT2D eigenvalue weighted by atomic mass is 16.6. The largest absolute Gasteiger partial charge is 0.466 e. The van der Waals surface area contributed by atoms with E-state index in [1.807, 2.05) is 0 Å². The molecule has 0 spiro atoms. The van der Waals surface area contributed by atoms with Crippen LogP contribution >= 0.6 is 0 Å². The Labute approximate surface area is 84.6 Å². The Bertz CT molecular complexity index is 215. The zero-order valence-electron chi connectivity index (χ0n) is 9.42. The summed E-state index contributed by atoms with van der Waals surface area (Å²) in [6.45, 7) is 6.97. The predicted octanol–water partition coefficient (Wildman–Crippen LogP) is 1.53. The molecule has 0 aromatic carbocycles. The molecule has 0 amide bonds. The Morgan fingerprint density at radius 2 is 1.79 bits per heavy atom. The monoisotopic (exact) mass is 202 g/mol. The minimum absolute atomic E-state index is 0.394. The van der Waals surface area contributed by atoms with Crippen molar-refractivity contribution in [3.8, 4) is 0 Å². The molecule has 0 aromatic rings. The van der Waals surface area contributed by atoms with Gasteiger partial charge in [0.2, 0.25) is 0 Å². The Morgan fingerprint density at radius 3 is 2.07 bits per heavy atom. The van der Waals surface area contributed by atoms with Crippen LogP contribution in [0.1, 0.15) is 34.1 Å². The molecule has 1 atom stereocenters. The Morgan fingerprint density at radius 1 is 1.29 bits per heavy atom. The van der Waals surface area contributed by atoms with Gasteiger partial charge in [0.1, 0.15) is 0 Å². The molecule has 0 aromatic heterocycles. The first kappa shape index (κ1) is 12.9. The standard InChI is InChI=1S/C10H18O4/c1-6-7(8(11)13-5)14-9(12)10(2,3)4/h7H,6H2,1-5H3. The van der Waals surface area contributed by atoms with Gasteiger partial charge in [0, 0.05) is 0 Å². The number of ether oxygens (including phenoxy) is 2. The van der Waals surface area contributed by atoms with Crippen molar-refractivity contribution in [3.63, 3.8) is 0 Å². The maximum absolute atomic E-state index is 11.4. The first-order chi connectivity index (χ1) is 6.32. The molecule has 0 aliphatic carbocycles. The van der Waals surface area contributed by atoms with Crippen molar-refractivity contribution in [1.82, 2.24) is 0 Å². The second kappa shape index (κ2) is 4.98. The van der Waals surface area contributed by atoms with E-state index in [1.54, 1.807) is 27.7 Å². The van der Waals surface area contributed by atoms with Crippen molar-refractivity contribution in [2.45, 2.75) is 40.2 Å². The molecule has 0 bridgehead atoms. The van der Waals surface area contributed by atoms with Crippen LogP contribution < -0.4 is 0 Å². The average molecular weight is 202 g/mol. The first-order valence-electron chi connectivity index (χ1n) is 4.61. The summed E-state index contributed by atoms with van der Waals surface area (Å²) in [4.78, 5) is 22.5. The van der Waals surface area contributed by atoms with Crippen molar-refractivity contribution in [3.05, 3.63) is 0 Å². The van der Waals surface area contributed by atoms with Crippen LogP contribution in [0.15, 0.2) is 0 Å². The highest BCUT2D eigenvalue weighted by Crippen LogP contribution is 2.17. The second-order valence-corrected chi connectivity index (χ2v) is 4.08. The lowest BCUT2D eigenvalue weighted by atomic mass is 9.97. The number of rotatable bonds is 3. The van der Waals surface area contributed by atoms with Gasteiger partial charge in [-0.25, -0.2) is 4.79 Å². The fourth-order valence-electron chi connectivity index (χ4n) is 0.736. The Balaban J connectivity index is 4.34. The molecule has 0 saturated carbocycles. The summed E-state index contributed by atoms with van der Waals surface area (Å²) in [6, 6.07) is 0. The number of carbonyl (C=O) groups is 2. The summed E-state index contributed by atoms with van der Waals surface area (Å²) in [7, 11) is 1.27. The van der Waals surface area contributed by atoms with Crippen LogP contribution in [0.25, 0.3) is 0 Å². The highest BCUT2D eigenvalue weighted by Gasteiger charge is 2.29. The van der Waals surface area contributed by atoms with Crippen molar-refractivity contribution < 1.29 is 19.1 Å². The van der Waals surface area contributed by atoms with Crippen LogP contribution in [0.5, 0.6) is 0 Å². The third-order valence-electron chi connectivity index (χ3n) is 1.70. The molecule has 0 radical (unpaired) electrons. The zero-order valence-corrected chi connectivity index (χ0v) is 9.42. The maximum Gasteiger partial charge on any atom is 0.347 e. The van der Waals surface area contributed by atoms with Crippen molar-refractivity contribution in [2.75, 3.05) is 7.11 Å². The van der Waals surface area contributed by atoms with Gasteiger partial charge in [-0.15, -0.1) is 0 Å². The summed E-state index contributed by atoms with van der Waals surface area (Å²) < 4.78 is 9.50. The van der Waals surface area contributed by atoms with E-state index in [9.17, 15) is 9.59 Å². The van der Waals surface area contributed by atoms with Gasteiger partial charge in [0.15, 0.2) is 6.10 Å². The van der Waals surface area contributed by atoms with E-state index in [1.165, 1.54) is 7.11 Å². The van der Waals surface area contributed by atoms with Gasteiger partial charge < -0.3 is 9.47 Å². The fraction of sp³-hybridized carbons (Fsp3) is 0.800. The van der Waals surface area contributed by atoms with Gasteiger partial charge >= 0.3 is 11.9 Å². The Hall–Kier alpha value is -1.06. The lowest BCUT2D eigenvalue weighted by Gasteiger charge is -2.20. The van der Waals surface area contributed by atoms with E-state index in [-0.39, 0.29) is 0 Å². The zero-order chi connectivity index (χ0) is 11.4. The summed E-state index contributed by atoms with van der Waals surface area (Å²) in [6.07, 6.45) is -0.360. The van der Waals surface area contributed by atoms with E-state index in [0.717, 1.165) is 0 Å². The van der Waals surface area contributed by atoms with Crippen LogP contribution in [0.4, 0.5) is 0 Å². The molecule has 0 saturated heterocycles. The molecule has 4 nitrogen and oxygen atoms in total. The molecule has 0 aliphatic rings. The molecule has 82 valence electrons. The van der Waals surface area contributed by atoms with E-state index in [4.69, 9.17) is 4.74 Å². The lowest BCUT2D eigenvalue weighted by Crippen LogP contribution is -2.33. The SMILES string of the molecule is CCC(OC(=O)C(C)(C)C)C(=O)OC. The number of carbonyl (C=O) groups excluding carboxylic acids is 2. The van der Waals surface area contributed by atoms with Gasteiger partial charge in [-0.3, -0.25) is 4.79 Å². The fourth-order valence-corrected chi connectivity index (χ4v) is 0.736. The van der Waals surface area contributed by atoms with Crippen LogP contribution in [-0.4, -0.2) is 25.2 Å². The van der Waals surface area contributed by atoms with E-state index in [0.29, 0.717) is 6.42 Å².